The molecule has 2 saturated carbocycles. The molecule has 2 spiro atoms. The zero-order valence-electron chi connectivity index (χ0n) is 52.6. The predicted molar refractivity (Wildman–Crippen MR) is 348 cm³/mol. The van der Waals surface area contributed by atoms with Gasteiger partial charge in [-0.25, -0.2) is 9.59 Å². The van der Waals surface area contributed by atoms with E-state index in [9.17, 15) is 15.3 Å². The van der Waals surface area contributed by atoms with E-state index >= 15 is 9.59 Å². The molecule has 8 N–H and O–H groups in total. The quantitative estimate of drug-likeness (QED) is 0.0310. The van der Waals surface area contributed by atoms with E-state index in [2.05, 4.69) is 143 Å². The van der Waals surface area contributed by atoms with Gasteiger partial charge < -0.3 is 51.4 Å². The molecule has 14 atom stereocenters. The zero-order chi connectivity index (χ0) is 61.2. The fourth-order valence-electron chi connectivity index (χ4n) is 19.1. The van der Waals surface area contributed by atoms with Crippen LogP contribution in [0.5, 0.6) is 5.75 Å². The van der Waals surface area contributed by atoms with Gasteiger partial charge in [-0.15, -0.1) is 0 Å². The van der Waals surface area contributed by atoms with E-state index in [1.807, 2.05) is 32.2 Å². The number of allylic oxidation sites excluding steroid dienone is 6. The van der Waals surface area contributed by atoms with Crippen molar-refractivity contribution in [1.29, 1.82) is 0 Å². The van der Waals surface area contributed by atoms with E-state index in [0.29, 0.717) is 73.8 Å². The number of carbonyl (C=O) groups is 2. The lowest BCUT2D eigenvalue weighted by atomic mass is 9.38. The molecule has 6 aliphatic heterocycles. The van der Waals surface area contributed by atoms with Crippen LogP contribution in [0.4, 0.5) is 0 Å². The van der Waals surface area contributed by atoms with Crippen LogP contribution in [0.2, 0.25) is 0 Å². The Kier molecular flexibility index (Phi) is 16.5. The number of hydrogen-bond acceptors (Lipinski definition) is 12. The van der Waals surface area contributed by atoms with Gasteiger partial charge in [-0.3, -0.25) is 0 Å². The van der Waals surface area contributed by atoms with Crippen molar-refractivity contribution < 1.29 is 34.4 Å². The number of phenols is 1. The van der Waals surface area contributed by atoms with Crippen LogP contribution in [0, 0.1) is 69.5 Å². The van der Waals surface area contributed by atoms with Gasteiger partial charge in [0.2, 0.25) is 0 Å². The van der Waals surface area contributed by atoms with Crippen molar-refractivity contribution in [2.75, 3.05) is 39.8 Å². The van der Waals surface area contributed by atoms with E-state index < -0.39 is 22.3 Å². The Balaban J connectivity index is 1.01. The first-order valence-electron chi connectivity index (χ1n) is 33.8. The average Bonchev–Trinajstić information content (AvgIpc) is 1.46. The molecular formula is C77H91N5O7. The number of piperidine rings is 1. The smallest absolute Gasteiger partial charge is 0.340 e. The Morgan fingerprint density at radius 2 is 1.73 bits per heavy atom. The maximum Gasteiger partial charge on any atom is 0.340 e. The molecule has 466 valence electrons. The number of cyclic esters (lactones) is 1. The standard InChI is InChI=1S/C77H91N5O7/c1-5-30-79-44-51-34-49-23-31-80-63-21-28-76-27-19-59-64(22-26-75(56-24-32-81-66(40-56)78-4)42-55-36-50(45-83)14-11-25-74(3,87)46-82-70(61(55)43-75)54(35-49)37-51)88-72(85)68(59)71(76)77-29-20-62(76)67(60-41-57(84)17-18-58(60)52-15-10-16-53(63)39-52)69(77)73(86)89-65(77)38-47(6-2)33-48-12-8-7-9-13-48/h7-10,12-13,15-18,21-22,28,34-35,37-39,41,47,50,55-56,61-63,66,70-71,78-84,87H,5-6,19-20,23-27,29-33,36,40,42-46H2,1-4H3/b28-21+,64-22-,65-38-/t47-,50+,55+,56-,61-,62+,63+,66+,70+,71+,74-,75-,76+,77+/m1/s1. The fraction of sp³-hybridized carbons (Fsp3) is 0.506. The number of nitrogens with one attached hydrogen (secondary N) is 5. The Bertz CT molecular complexity index is 3640. The molecule has 0 unspecified atom stereocenters. The van der Waals surface area contributed by atoms with E-state index in [1.54, 1.807) is 6.07 Å². The minimum atomic E-state index is -1.11. The molecule has 12 nitrogen and oxygen atoms in total. The molecule has 14 bridgehead atoms. The topological polar surface area (TPSA) is 173 Å². The van der Waals surface area contributed by atoms with E-state index in [1.165, 1.54) is 22.3 Å². The summed E-state index contributed by atoms with van der Waals surface area (Å²) < 4.78 is 13.8. The molecule has 0 aromatic heterocycles. The molecular weight excluding hydrogens is 1110 g/mol. The first-order valence-corrected chi connectivity index (χ1v) is 33.8. The first-order chi connectivity index (χ1) is 43.3. The molecule has 89 heavy (non-hydrogen) atoms. The number of carbonyl (C=O) groups excluding carboxylic acids is 2. The lowest BCUT2D eigenvalue weighted by Crippen LogP contribution is -2.58. The van der Waals surface area contributed by atoms with Crippen molar-refractivity contribution in [3.63, 3.8) is 0 Å². The second kappa shape index (κ2) is 24.3. The van der Waals surface area contributed by atoms with Crippen LogP contribution in [-0.2, 0) is 38.4 Å². The predicted octanol–water partition coefficient (Wildman–Crippen LogP) is 11.8. The number of ether oxygens (including phenoxy) is 2. The van der Waals surface area contributed by atoms with Gasteiger partial charge in [-0.1, -0.05) is 111 Å². The number of β-amino-alcohol motifs (C(OH)–C–C–N with tert-alkyl or cyclic N) is 1. The van der Waals surface area contributed by atoms with E-state index in [0.717, 1.165) is 117 Å². The van der Waals surface area contributed by atoms with Gasteiger partial charge in [0, 0.05) is 60.5 Å². The van der Waals surface area contributed by atoms with Crippen LogP contribution in [0.3, 0.4) is 0 Å². The van der Waals surface area contributed by atoms with Gasteiger partial charge in [0.15, 0.2) is 0 Å². The summed E-state index contributed by atoms with van der Waals surface area (Å²) in [5.74, 6) is 7.24. The number of aromatic hydroxyl groups is 1. The molecule has 4 aromatic carbocycles. The van der Waals surface area contributed by atoms with Gasteiger partial charge in [-0.05, 0) is 232 Å². The SMILES string of the molecule is CCCNCc1cc2cc(c1)[C@@H]1NC[C@](C)(O)CC#C[C@H](CO)C[C@H]3C[C@]([C@@H]4CCN[C@H](NC)C4)(C/C=C4\OC(=O)C5=C4CC[C@]46/C=C/[C@H](NCC2)c2cccc(c2)-c2ccc(O)cc2C2=C7C(=O)O/C(=C\[C@H](CC)Cc8ccccc8)[C@]7(CC[C@@H]24)[C@@H]56)C[C@H]31. The van der Waals surface area contributed by atoms with E-state index in [-0.39, 0.29) is 77.5 Å². The highest BCUT2D eigenvalue weighted by molar-refractivity contribution is 6.08. The summed E-state index contributed by atoms with van der Waals surface area (Å²) in [5.41, 5.74) is 8.94. The number of esters is 2. The normalized spacial score (nSPS) is 35.4. The molecule has 12 aliphatic rings. The van der Waals surface area contributed by atoms with Crippen molar-refractivity contribution in [2.45, 2.75) is 147 Å². The summed E-state index contributed by atoms with van der Waals surface area (Å²) in [5, 5.41) is 54.3. The van der Waals surface area contributed by atoms with Crippen molar-refractivity contribution in [1.82, 2.24) is 26.6 Å². The number of aliphatic hydroxyl groups is 2. The lowest BCUT2D eigenvalue weighted by molar-refractivity contribution is -0.135. The third-order valence-corrected chi connectivity index (χ3v) is 23.2. The number of rotatable bonds is 11. The second-order valence-electron chi connectivity index (χ2n) is 28.6. The van der Waals surface area contributed by atoms with Crippen molar-refractivity contribution in [2.24, 2.45) is 57.7 Å². The summed E-state index contributed by atoms with van der Waals surface area (Å²) in [6.45, 7) is 9.79. The molecule has 6 heterocycles. The average molecular weight is 1200 g/mol. The Morgan fingerprint density at radius 1 is 0.854 bits per heavy atom. The highest BCUT2D eigenvalue weighted by Gasteiger charge is 2.73. The summed E-state index contributed by atoms with van der Waals surface area (Å²) in [6.07, 6.45) is 21.1. The summed E-state index contributed by atoms with van der Waals surface area (Å²) in [6, 6.07) is 31.9. The van der Waals surface area contributed by atoms with Gasteiger partial charge >= 0.3 is 11.9 Å². The Labute approximate surface area is 526 Å². The minimum Gasteiger partial charge on any atom is -0.508 e. The highest BCUT2D eigenvalue weighted by Crippen LogP contribution is 2.77. The molecule has 12 heteroatoms. The maximum atomic E-state index is 15.9. The van der Waals surface area contributed by atoms with Crippen LogP contribution in [0.25, 0.3) is 16.7 Å². The van der Waals surface area contributed by atoms with Crippen LogP contribution >= 0.6 is 0 Å². The number of hydrogen-bond donors (Lipinski definition) is 8. The lowest BCUT2D eigenvalue weighted by Gasteiger charge is -2.62. The molecule has 2 saturated heterocycles. The van der Waals surface area contributed by atoms with Crippen LogP contribution in [0.15, 0.2) is 144 Å². The molecule has 0 amide bonds. The Morgan fingerprint density at radius 3 is 2.56 bits per heavy atom. The summed E-state index contributed by atoms with van der Waals surface area (Å²) in [7, 11) is 2.05. The minimum absolute atomic E-state index is 0.0351. The van der Waals surface area contributed by atoms with Gasteiger partial charge in [0.25, 0.3) is 0 Å². The highest BCUT2D eigenvalue weighted by atomic mass is 16.6. The molecule has 4 aromatic rings. The largest absolute Gasteiger partial charge is 0.508 e. The number of phenolic OH excluding ortho intramolecular Hbond substituents is 1. The van der Waals surface area contributed by atoms with Gasteiger partial charge in [0.1, 0.15) is 17.3 Å². The summed E-state index contributed by atoms with van der Waals surface area (Å²) >= 11 is 0. The van der Waals surface area contributed by atoms with E-state index in [4.69, 9.17) is 9.47 Å². The molecule has 16 rings (SSSR count). The third kappa shape index (κ3) is 10.8. The summed E-state index contributed by atoms with van der Waals surface area (Å²) in [4.78, 5) is 31.6. The first kappa shape index (κ1) is 60.2. The number of benzene rings is 4. The monoisotopic (exact) mass is 1200 g/mol. The Hall–Kier alpha value is -6.40. The third-order valence-electron chi connectivity index (χ3n) is 23.2. The van der Waals surface area contributed by atoms with Gasteiger partial charge in [-0.2, -0.15) is 0 Å². The van der Waals surface area contributed by atoms with Crippen LogP contribution < -0.4 is 26.6 Å². The van der Waals surface area contributed by atoms with Crippen LogP contribution in [-0.4, -0.2) is 78.9 Å². The molecule has 6 aliphatic carbocycles. The van der Waals surface area contributed by atoms with Crippen molar-refractivity contribution in [3.8, 4) is 28.7 Å². The second-order valence-corrected chi connectivity index (χ2v) is 28.6. The van der Waals surface area contributed by atoms with Gasteiger partial charge in [0.05, 0.1) is 35.4 Å². The number of fused-ring (bicyclic) bond motifs is 9. The maximum absolute atomic E-state index is 15.9. The molecule has 0 radical (unpaired) electrons. The number of aliphatic hydroxyl groups excluding tert-OH is 1. The zero-order valence-corrected chi connectivity index (χ0v) is 52.6. The molecule has 4 fully saturated rings. The van der Waals surface area contributed by atoms with Crippen LogP contribution in [0.1, 0.15) is 150 Å². The van der Waals surface area contributed by atoms with Crippen molar-refractivity contribution in [3.05, 3.63) is 177 Å². The fourth-order valence-corrected chi connectivity index (χ4v) is 19.1. The van der Waals surface area contributed by atoms with Crippen molar-refractivity contribution >= 4 is 17.5 Å².